The molecular weight excluding hydrogens is 250 g/mol. The van der Waals surface area contributed by atoms with Crippen LogP contribution in [-0.4, -0.2) is 32.1 Å². The minimum Gasteiger partial charge on any atom is -0.359 e. The normalized spacial score (nSPS) is 18.3. The zero-order valence-electron chi connectivity index (χ0n) is 12.5. The minimum atomic E-state index is -0.0210. The Morgan fingerprint density at radius 2 is 2.20 bits per heavy atom. The fraction of sp³-hybridized carbons (Fsp3) is 0.562. The molecule has 0 radical (unpaired) electrons. The molecule has 110 valence electrons. The van der Waals surface area contributed by atoms with Gasteiger partial charge in [0, 0.05) is 25.8 Å². The van der Waals surface area contributed by atoms with Gasteiger partial charge in [0.2, 0.25) is 5.91 Å². The van der Waals surface area contributed by atoms with E-state index in [1.807, 2.05) is 0 Å². The van der Waals surface area contributed by atoms with Crippen molar-refractivity contribution in [2.75, 3.05) is 25.0 Å². The van der Waals surface area contributed by atoms with Gasteiger partial charge in [-0.25, -0.2) is 0 Å². The van der Waals surface area contributed by atoms with Crippen molar-refractivity contribution in [3.63, 3.8) is 0 Å². The Morgan fingerprint density at radius 3 is 2.95 bits per heavy atom. The van der Waals surface area contributed by atoms with Gasteiger partial charge in [-0.15, -0.1) is 0 Å². The summed E-state index contributed by atoms with van der Waals surface area (Å²) in [6, 6.07) is 8.38. The smallest absolute Gasteiger partial charge is 0.242 e. The maximum Gasteiger partial charge on any atom is 0.242 e. The van der Waals surface area contributed by atoms with E-state index in [1.165, 1.54) is 11.3 Å². The van der Waals surface area contributed by atoms with Gasteiger partial charge in [0.25, 0.3) is 0 Å². The van der Waals surface area contributed by atoms with Crippen LogP contribution in [0.4, 0.5) is 5.69 Å². The van der Waals surface area contributed by atoms with Crippen LogP contribution >= 0.6 is 0 Å². The number of anilines is 1. The molecule has 0 spiro atoms. The van der Waals surface area contributed by atoms with Gasteiger partial charge in [-0.3, -0.25) is 4.79 Å². The lowest BCUT2D eigenvalue weighted by Crippen LogP contribution is -2.42. The second-order valence-corrected chi connectivity index (χ2v) is 5.27. The number of amides is 1. The van der Waals surface area contributed by atoms with Crippen LogP contribution in [0.3, 0.4) is 0 Å². The summed E-state index contributed by atoms with van der Waals surface area (Å²) in [5.41, 5.74) is 2.47. The van der Waals surface area contributed by atoms with Gasteiger partial charge in [0.05, 0.1) is 0 Å². The SMILES string of the molecule is CCCNCc1ccccc1N1CCCC1C(=O)NC. The lowest BCUT2D eigenvalue weighted by atomic mass is 10.1. The summed E-state index contributed by atoms with van der Waals surface area (Å²) in [7, 11) is 1.72. The summed E-state index contributed by atoms with van der Waals surface area (Å²) in [6.07, 6.45) is 3.15. The van der Waals surface area contributed by atoms with Crippen molar-refractivity contribution in [2.24, 2.45) is 0 Å². The molecule has 1 aromatic carbocycles. The maximum absolute atomic E-state index is 12.0. The number of hydrogen-bond donors (Lipinski definition) is 2. The average molecular weight is 275 g/mol. The lowest BCUT2D eigenvalue weighted by molar-refractivity contribution is -0.121. The van der Waals surface area contributed by atoms with Crippen molar-refractivity contribution in [2.45, 2.75) is 38.8 Å². The second kappa shape index (κ2) is 7.29. The number of nitrogens with one attached hydrogen (secondary N) is 2. The first-order chi connectivity index (χ1) is 9.77. The van der Waals surface area contributed by atoms with E-state index >= 15 is 0 Å². The van der Waals surface area contributed by atoms with Gasteiger partial charge < -0.3 is 15.5 Å². The van der Waals surface area contributed by atoms with Crippen LogP contribution in [0.15, 0.2) is 24.3 Å². The third kappa shape index (κ3) is 3.31. The Balaban J connectivity index is 2.16. The number of carbonyl (C=O) groups excluding carboxylic acids is 1. The summed E-state index contributed by atoms with van der Waals surface area (Å²) in [5, 5.41) is 6.23. The summed E-state index contributed by atoms with van der Waals surface area (Å²) in [4.78, 5) is 14.3. The Morgan fingerprint density at radius 1 is 1.40 bits per heavy atom. The van der Waals surface area contributed by atoms with Crippen LogP contribution < -0.4 is 15.5 Å². The van der Waals surface area contributed by atoms with Crippen LogP contribution in [0, 0.1) is 0 Å². The van der Waals surface area contributed by atoms with Crippen molar-refractivity contribution >= 4 is 11.6 Å². The van der Waals surface area contributed by atoms with Gasteiger partial charge >= 0.3 is 0 Å². The summed E-state index contributed by atoms with van der Waals surface area (Å²) in [6.45, 7) is 5.01. The molecule has 0 aliphatic carbocycles. The molecule has 1 saturated heterocycles. The first-order valence-corrected chi connectivity index (χ1v) is 7.54. The van der Waals surface area contributed by atoms with Crippen LogP contribution in [0.1, 0.15) is 31.7 Å². The average Bonchev–Trinajstić information content (AvgIpc) is 2.96. The van der Waals surface area contributed by atoms with Crippen LogP contribution in [0.2, 0.25) is 0 Å². The van der Waals surface area contributed by atoms with Crippen molar-refractivity contribution in [1.29, 1.82) is 0 Å². The van der Waals surface area contributed by atoms with E-state index in [0.29, 0.717) is 0 Å². The molecule has 2 rings (SSSR count). The Kier molecular flexibility index (Phi) is 5.41. The largest absolute Gasteiger partial charge is 0.359 e. The van der Waals surface area contributed by atoms with Gasteiger partial charge in [-0.2, -0.15) is 0 Å². The predicted octanol–water partition coefficient (Wildman–Crippen LogP) is 1.90. The highest BCUT2D eigenvalue weighted by atomic mass is 16.2. The molecule has 1 fully saturated rings. The molecule has 1 aliphatic rings. The highest BCUT2D eigenvalue weighted by Crippen LogP contribution is 2.28. The van der Waals surface area contributed by atoms with Crippen LogP contribution in [-0.2, 0) is 11.3 Å². The molecule has 20 heavy (non-hydrogen) atoms. The van der Waals surface area contributed by atoms with Gasteiger partial charge in [-0.1, -0.05) is 25.1 Å². The highest BCUT2D eigenvalue weighted by molar-refractivity contribution is 5.85. The fourth-order valence-corrected chi connectivity index (χ4v) is 2.83. The molecule has 1 aromatic rings. The predicted molar refractivity (Wildman–Crippen MR) is 82.9 cm³/mol. The molecule has 1 heterocycles. The molecule has 1 unspecified atom stereocenters. The lowest BCUT2D eigenvalue weighted by Gasteiger charge is -2.27. The van der Waals surface area contributed by atoms with E-state index in [-0.39, 0.29) is 11.9 Å². The fourth-order valence-electron chi connectivity index (χ4n) is 2.83. The number of para-hydroxylation sites is 1. The third-order valence-electron chi connectivity index (χ3n) is 3.85. The number of hydrogen-bond acceptors (Lipinski definition) is 3. The quantitative estimate of drug-likeness (QED) is 0.779. The van der Waals surface area contributed by atoms with Crippen molar-refractivity contribution < 1.29 is 4.79 Å². The number of benzene rings is 1. The van der Waals surface area contributed by atoms with E-state index in [0.717, 1.165) is 38.9 Å². The Hall–Kier alpha value is -1.55. The van der Waals surface area contributed by atoms with Crippen molar-refractivity contribution in [3.05, 3.63) is 29.8 Å². The Labute approximate surface area is 121 Å². The molecule has 4 heteroatoms. The number of carbonyl (C=O) groups is 1. The minimum absolute atomic E-state index is 0.0210. The second-order valence-electron chi connectivity index (χ2n) is 5.27. The zero-order valence-corrected chi connectivity index (χ0v) is 12.5. The standard InChI is InChI=1S/C16H25N3O/c1-3-10-18-12-13-7-4-5-8-14(13)19-11-6-9-15(19)16(20)17-2/h4-5,7-8,15,18H,3,6,9-12H2,1-2H3,(H,17,20). The molecule has 2 N–H and O–H groups in total. The third-order valence-corrected chi connectivity index (χ3v) is 3.85. The molecule has 1 aliphatic heterocycles. The first-order valence-electron chi connectivity index (χ1n) is 7.54. The number of rotatable bonds is 6. The van der Waals surface area contributed by atoms with Gasteiger partial charge in [-0.05, 0) is 37.4 Å². The van der Waals surface area contributed by atoms with Crippen molar-refractivity contribution in [1.82, 2.24) is 10.6 Å². The van der Waals surface area contributed by atoms with E-state index in [9.17, 15) is 4.79 Å². The molecule has 1 amide bonds. The summed E-state index contributed by atoms with van der Waals surface area (Å²) < 4.78 is 0. The molecular formula is C16H25N3O. The number of likely N-dealkylation sites (N-methyl/N-ethyl adjacent to an activating group) is 1. The monoisotopic (exact) mass is 275 g/mol. The van der Waals surface area contributed by atoms with Crippen LogP contribution in [0.25, 0.3) is 0 Å². The van der Waals surface area contributed by atoms with E-state index in [2.05, 4.69) is 46.7 Å². The molecule has 0 bridgehead atoms. The number of nitrogens with zero attached hydrogens (tertiary/aromatic N) is 1. The topological polar surface area (TPSA) is 44.4 Å². The van der Waals surface area contributed by atoms with Gasteiger partial charge in [0.1, 0.15) is 6.04 Å². The highest BCUT2D eigenvalue weighted by Gasteiger charge is 2.31. The molecule has 4 nitrogen and oxygen atoms in total. The van der Waals surface area contributed by atoms with E-state index < -0.39 is 0 Å². The zero-order chi connectivity index (χ0) is 14.4. The maximum atomic E-state index is 12.0. The van der Waals surface area contributed by atoms with E-state index in [1.54, 1.807) is 7.05 Å². The van der Waals surface area contributed by atoms with Gasteiger partial charge in [0.15, 0.2) is 0 Å². The summed E-state index contributed by atoms with van der Waals surface area (Å²) >= 11 is 0. The van der Waals surface area contributed by atoms with E-state index in [4.69, 9.17) is 0 Å². The Bertz CT molecular complexity index is 447. The summed E-state index contributed by atoms with van der Waals surface area (Å²) in [5.74, 6) is 0.124. The molecule has 0 aromatic heterocycles. The van der Waals surface area contributed by atoms with Crippen LogP contribution in [0.5, 0.6) is 0 Å². The molecule has 1 atom stereocenters. The van der Waals surface area contributed by atoms with Crippen molar-refractivity contribution in [3.8, 4) is 0 Å². The first kappa shape index (κ1) is 14.9. The molecule has 0 saturated carbocycles.